The lowest BCUT2D eigenvalue weighted by Gasteiger charge is -2.20. The zero-order chi connectivity index (χ0) is 23.0. The molecule has 1 aromatic heterocycles. The average Bonchev–Trinajstić information content (AvgIpc) is 3.51. The Morgan fingerprint density at radius 1 is 0.853 bits per heavy atom. The van der Waals surface area contributed by atoms with E-state index in [1.54, 1.807) is 0 Å². The number of aryl methyl sites for hydroxylation is 1. The summed E-state index contributed by atoms with van der Waals surface area (Å²) in [6, 6.07) is 25.7. The van der Waals surface area contributed by atoms with Crippen molar-refractivity contribution in [2.24, 2.45) is 5.41 Å². The van der Waals surface area contributed by atoms with Crippen molar-refractivity contribution in [3.8, 4) is 0 Å². The second-order valence-corrected chi connectivity index (χ2v) is 10.7. The molecule has 2 heterocycles. The summed E-state index contributed by atoms with van der Waals surface area (Å²) in [5.74, 6) is 1.79. The van der Waals surface area contributed by atoms with Crippen molar-refractivity contribution >= 4 is 34.4 Å². The third-order valence-electron chi connectivity index (χ3n) is 7.26. The molecule has 0 amide bonds. The van der Waals surface area contributed by atoms with Gasteiger partial charge in [0.15, 0.2) is 0 Å². The molecule has 0 atom stereocenters. The standard InChI is InChI=1S/C29H30N4S/c1-2-21-9-3-7-13-25(21)34-26-14-8-4-10-22(26)19-30-28-31-24-12-6-5-11-23(24)27(32-28)33-18-17-29(20-33)15-16-29/h3-14H,2,15-20H2,1H3,(H,30,31,32). The van der Waals surface area contributed by atoms with Gasteiger partial charge in [-0.1, -0.05) is 67.2 Å². The van der Waals surface area contributed by atoms with E-state index in [2.05, 4.69) is 89.9 Å². The van der Waals surface area contributed by atoms with Gasteiger partial charge in [0.25, 0.3) is 0 Å². The summed E-state index contributed by atoms with van der Waals surface area (Å²) in [5, 5.41) is 4.70. The molecule has 1 aliphatic heterocycles. The van der Waals surface area contributed by atoms with Crippen LogP contribution < -0.4 is 10.2 Å². The molecule has 0 radical (unpaired) electrons. The van der Waals surface area contributed by atoms with Crippen LogP contribution in [0.5, 0.6) is 0 Å². The molecule has 34 heavy (non-hydrogen) atoms. The molecule has 2 aliphatic rings. The minimum Gasteiger partial charge on any atom is -0.355 e. The van der Waals surface area contributed by atoms with Gasteiger partial charge in [-0.3, -0.25) is 0 Å². The van der Waals surface area contributed by atoms with Crippen molar-refractivity contribution in [2.75, 3.05) is 23.3 Å². The number of hydrogen-bond acceptors (Lipinski definition) is 5. The number of anilines is 2. The minimum atomic E-state index is 0.560. The van der Waals surface area contributed by atoms with E-state index in [9.17, 15) is 0 Å². The van der Waals surface area contributed by atoms with Crippen LogP contribution in [0.3, 0.4) is 0 Å². The molecule has 5 heteroatoms. The van der Waals surface area contributed by atoms with Crippen LogP contribution in [0.25, 0.3) is 10.9 Å². The topological polar surface area (TPSA) is 41.1 Å². The predicted molar refractivity (Wildman–Crippen MR) is 142 cm³/mol. The van der Waals surface area contributed by atoms with E-state index in [1.165, 1.54) is 40.2 Å². The number of hydrogen-bond donors (Lipinski definition) is 1. The zero-order valence-corrected chi connectivity index (χ0v) is 20.4. The summed E-state index contributed by atoms with van der Waals surface area (Å²) >= 11 is 1.84. The van der Waals surface area contributed by atoms with Gasteiger partial charge < -0.3 is 10.2 Å². The third-order valence-corrected chi connectivity index (χ3v) is 8.50. The first-order valence-corrected chi connectivity index (χ1v) is 13.1. The lowest BCUT2D eigenvalue weighted by Crippen LogP contribution is -2.22. The van der Waals surface area contributed by atoms with Gasteiger partial charge in [0.05, 0.1) is 5.52 Å². The Hall–Kier alpha value is -3.05. The van der Waals surface area contributed by atoms with Crippen molar-refractivity contribution in [1.82, 2.24) is 9.97 Å². The quantitative estimate of drug-likeness (QED) is 0.319. The predicted octanol–water partition coefficient (Wildman–Crippen LogP) is 6.95. The van der Waals surface area contributed by atoms with Crippen LogP contribution in [0.4, 0.5) is 11.8 Å². The van der Waals surface area contributed by atoms with Crippen LogP contribution >= 0.6 is 11.8 Å². The van der Waals surface area contributed by atoms with Crippen LogP contribution in [-0.2, 0) is 13.0 Å². The highest BCUT2D eigenvalue weighted by Crippen LogP contribution is 2.53. The van der Waals surface area contributed by atoms with Crippen LogP contribution in [0.2, 0.25) is 0 Å². The van der Waals surface area contributed by atoms with Crippen LogP contribution in [0.15, 0.2) is 82.6 Å². The molecule has 4 aromatic rings. The lowest BCUT2D eigenvalue weighted by atomic mass is 10.1. The van der Waals surface area contributed by atoms with Crippen molar-refractivity contribution in [2.45, 2.75) is 48.9 Å². The highest BCUT2D eigenvalue weighted by atomic mass is 32.2. The maximum absolute atomic E-state index is 5.03. The van der Waals surface area contributed by atoms with Crippen molar-refractivity contribution in [3.05, 3.63) is 83.9 Å². The highest BCUT2D eigenvalue weighted by Gasteiger charge is 2.48. The van der Waals surface area contributed by atoms with Crippen LogP contribution in [-0.4, -0.2) is 23.1 Å². The average molecular weight is 467 g/mol. The molecule has 1 N–H and O–H groups in total. The maximum atomic E-state index is 5.03. The van der Waals surface area contributed by atoms with Gasteiger partial charge in [-0.2, -0.15) is 4.98 Å². The van der Waals surface area contributed by atoms with E-state index in [4.69, 9.17) is 9.97 Å². The fourth-order valence-electron chi connectivity index (χ4n) is 5.02. The number of aromatic nitrogens is 2. The van der Waals surface area contributed by atoms with Gasteiger partial charge in [-0.25, -0.2) is 4.98 Å². The molecule has 1 aliphatic carbocycles. The van der Waals surface area contributed by atoms with E-state index in [0.717, 1.165) is 36.2 Å². The number of rotatable bonds is 7. The van der Waals surface area contributed by atoms with Gasteiger partial charge >= 0.3 is 0 Å². The minimum absolute atomic E-state index is 0.560. The molecule has 1 spiro atoms. The van der Waals surface area contributed by atoms with Crippen LogP contribution in [0.1, 0.15) is 37.3 Å². The maximum Gasteiger partial charge on any atom is 0.225 e. The Kier molecular flexibility index (Phi) is 5.66. The van der Waals surface area contributed by atoms with Gasteiger partial charge in [-0.05, 0) is 66.5 Å². The SMILES string of the molecule is CCc1ccccc1Sc1ccccc1CNc1nc(N2CCC3(CC3)C2)c2ccccc2n1. The molecule has 2 fully saturated rings. The molecule has 0 bridgehead atoms. The molecular formula is C29H30N4S. The molecule has 3 aromatic carbocycles. The number of benzene rings is 3. The smallest absolute Gasteiger partial charge is 0.225 e. The van der Waals surface area contributed by atoms with Crippen molar-refractivity contribution in [1.29, 1.82) is 0 Å². The largest absolute Gasteiger partial charge is 0.355 e. The fraction of sp³-hybridized carbons (Fsp3) is 0.310. The zero-order valence-electron chi connectivity index (χ0n) is 19.6. The number of nitrogens with one attached hydrogen (secondary N) is 1. The molecular weight excluding hydrogens is 436 g/mol. The molecule has 1 saturated heterocycles. The first-order valence-electron chi connectivity index (χ1n) is 12.3. The number of para-hydroxylation sites is 1. The van der Waals surface area contributed by atoms with Crippen molar-refractivity contribution in [3.63, 3.8) is 0 Å². The Balaban J connectivity index is 1.26. The monoisotopic (exact) mass is 466 g/mol. The van der Waals surface area contributed by atoms with Gasteiger partial charge in [0.1, 0.15) is 5.82 Å². The van der Waals surface area contributed by atoms with Gasteiger partial charge in [0, 0.05) is 34.8 Å². The summed E-state index contributed by atoms with van der Waals surface area (Å²) in [6.07, 6.45) is 5.06. The fourth-order valence-corrected chi connectivity index (χ4v) is 6.16. The molecule has 6 rings (SSSR count). The van der Waals surface area contributed by atoms with Crippen molar-refractivity contribution < 1.29 is 0 Å². The molecule has 172 valence electrons. The first-order chi connectivity index (χ1) is 16.7. The summed E-state index contributed by atoms with van der Waals surface area (Å²) < 4.78 is 0. The first kappa shape index (κ1) is 21.5. The summed E-state index contributed by atoms with van der Waals surface area (Å²) in [5.41, 5.74) is 4.21. The van der Waals surface area contributed by atoms with Gasteiger partial charge in [0.2, 0.25) is 5.95 Å². The molecule has 1 saturated carbocycles. The summed E-state index contributed by atoms with van der Waals surface area (Å²) in [7, 11) is 0. The Morgan fingerprint density at radius 3 is 2.32 bits per heavy atom. The second kappa shape index (κ2) is 8.95. The molecule has 0 unspecified atom stereocenters. The van der Waals surface area contributed by atoms with E-state index >= 15 is 0 Å². The molecule has 4 nitrogen and oxygen atoms in total. The number of fused-ring (bicyclic) bond motifs is 1. The third kappa shape index (κ3) is 4.25. The lowest BCUT2D eigenvalue weighted by molar-refractivity contribution is 0.581. The highest BCUT2D eigenvalue weighted by molar-refractivity contribution is 7.99. The van der Waals surface area contributed by atoms with E-state index < -0.39 is 0 Å². The second-order valence-electron chi connectivity index (χ2n) is 9.58. The Labute approximate surface area is 205 Å². The van der Waals surface area contributed by atoms with E-state index in [0.29, 0.717) is 17.9 Å². The number of nitrogens with zero attached hydrogens (tertiary/aromatic N) is 3. The van der Waals surface area contributed by atoms with E-state index in [1.807, 2.05) is 11.8 Å². The Bertz CT molecular complexity index is 1330. The Morgan fingerprint density at radius 2 is 1.56 bits per heavy atom. The van der Waals surface area contributed by atoms with Gasteiger partial charge in [-0.15, -0.1) is 0 Å². The van der Waals surface area contributed by atoms with Crippen LogP contribution in [0, 0.1) is 5.41 Å². The van der Waals surface area contributed by atoms with E-state index in [-0.39, 0.29) is 0 Å². The normalized spacial score (nSPS) is 16.3. The summed E-state index contributed by atoms with van der Waals surface area (Å²) in [6.45, 7) is 5.13. The summed E-state index contributed by atoms with van der Waals surface area (Å²) in [4.78, 5) is 15.0.